The van der Waals surface area contributed by atoms with Gasteiger partial charge in [-0.25, -0.2) is 0 Å². The zero-order chi connectivity index (χ0) is 13.0. The van der Waals surface area contributed by atoms with Gasteiger partial charge >= 0.3 is 0 Å². The molecular formula is C15H23N3O. The Hall–Kier alpha value is -1.06. The van der Waals surface area contributed by atoms with Gasteiger partial charge in [-0.3, -0.25) is 9.79 Å². The van der Waals surface area contributed by atoms with Crippen molar-refractivity contribution in [2.75, 3.05) is 6.54 Å². The molecule has 4 saturated carbocycles. The van der Waals surface area contributed by atoms with Crippen LogP contribution in [0.2, 0.25) is 0 Å². The van der Waals surface area contributed by atoms with Crippen molar-refractivity contribution in [2.24, 2.45) is 22.7 Å². The smallest absolute Gasteiger partial charge is 0.286 e. The van der Waals surface area contributed by atoms with Crippen LogP contribution in [0.25, 0.3) is 0 Å². The lowest BCUT2D eigenvalue weighted by atomic mass is 9.53. The summed E-state index contributed by atoms with van der Waals surface area (Å²) < 4.78 is 0. The van der Waals surface area contributed by atoms with E-state index in [0.717, 1.165) is 24.3 Å². The summed E-state index contributed by atoms with van der Waals surface area (Å²) in [6.07, 6.45) is 7.83. The third kappa shape index (κ3) is 1.96. The quantitative estimate of drug-likeness (QED) is 0.790. The summed E-state index contributed by atoms with van der Waals surface area (Å²) in [4.78, 5) is 16.7. The number of amides is 1. The van der Waals surface area contributed by atoms with Crippen molar-refractivity contribution in [3.63, 3.8) is 0 Å². The fraction of sp³-hybridized carbons (Fsp3) is 0.867. The van der Waals surface area contributed by atoms with E-state index >= 15 is 0 Å². The molecule has 0 aromatic rings. The van der Waals surface area contributed by atoms with Crippen LogP contribution in [0.15, 0.2) is 4.99 Å². The van der Waals surface area contributed by atoms with Crippen LogP contribution in [-0.4, -0.2) is 29.9 Å². The Morgan fingerprint density at radius 1 is 1.21 bits per heavy atom. The minimum atomic E-state index is 0.0336. The molecule has 0 spiro atoms. The van der Waals surface area contributed by atoms with Crippen molar-refractivity contribution in [1.29, 1.82) is 0 Å². The Labute approximate surface area is 114 Å². The van der Waals surface area contributed by atoms with Gasteiger partial charge in [-0.2, -0.15) is 0 Å². The maximum atomic E-state index is 12.4. The third-order valence-corrected chi connectivity index (χ3v) is 5.54. The predicted molar refractivity (Wildman–Crippen MR) is 73.9 cm³/mol. The first-order valence-electron chi connectivity index (χ1n) is 7.75. The maximum absolute atomic E-state index is 12.4. The molecule has 0 aromatic carbocycles. The molecule has 4 nitrogen and oxygen atoms in total. The van der Waals surface area contributed by atoms with Gasteiger partial charge in [0.25, 0.3) is 5.91 Å². The highest BCUT2D eigenvalue weighted by Crippen LogP contribution is 2.55. The highest BCUT2D eigenvalue weighted by atomic mass is 16.2. The molecule has 5 rings (SSSR count). The number of hydrogen-bond acceptors (Lipinski definition) is 3. The van der Waals surface area contributed by atoms with Crippen LogP contribution in [0, 0.1) is 17.8 Å². The first-order valence-corrected chi connectivity index (χ1v) is 7.75. The Kier molecular flexibility index (Phi) is 2.45. The Bertz CT molecular complexity index is 407. The first-order chi connectivity index (χ1) is 9.12. The van der Waals surface area contributed by atoms with E-state index in [1.54, 1.807) is 0 Å². The van der Waals surface area contributed by atoms with Crippen molar-refractivity contribution >= 4 is 11.7 Å². The second-order valence-electron chi connectivity index (χ2n) is 7.39. The molecule has 0 aromatic heterocycles. The molecule has 4 fully saturated rings. The van der Waals surface area contributed by atoms with Crippen LogP contribution in [0.4, 0.5) is 0 Å². The monoisotopic (exact) mass is 261 g/mol. The van der Waals surface area contributed by atoms with Crippen LogP contribution in [0.5, 0.6) is 0 Å². The lowest BCUT2D eigenvalue weighted by Gasteiger charge is -2.56. The number of aliphatic imine (C=N–C) groups is 1. The molecule has 1 unspecified atom stereocenters. The number of rotatable bonds is 2. The van der Waals surface area contributed by atoms with Gasteiger partial charge in [0.2, 0.25) is 0 Å². The molecule has 19 heavy (non-hydrogen) atoms. The van der Waals surface area contributed by atoms with Crippen LogP contribution >= 0.6 is 0 Å². The minimum Gasteiger partial charge on any atom is -0.361 e. The number of nitrogens with one attached hydrogen (secondary N) is 2. The molecule has 2 N–H and O–H groups in total. The molecule has 4 aliphatic carbocycles. The molecule has 0 saturated heterocycles. The number of amidine groups is 1. The molecule has 104 valence electrons. The van der Waals surface area contributed by atoms with Gasteiger partial charge in [0.15, 0.2) is 5.84 Å². The van der Waals surface area contributed by atoms with Crippen molar-refractivity contribution in [3.05, 3.63) is 0 Å². The summed E-state index contributed by atoms with van der Waals surface area (Å²) in [6, 6.07) is 0.303. The molecule has 1 aliphatic heterocycles. The number of hydrogen-bond donors (Lipinski definition) is 2. The van der Waals surface area contributed by atoms with Gasteiger partial charge in [0.05, 0.1) is 6.54 Å². The van der Waals surface area contributed by atoms with Gasteiger partial charge in [-0.1, -0.05) is 0 Å². The summed E-state index contributed by atoms with van der Waals surface area (Å²) in [5, 5.41) is 6.53. The lowest BCUT2D eigenvalue weighted by Crippen LogP contribution is -2.61. The van der Waals surface area contributed by atoms with E-state index in [0.29, 0.717) is 11.9 Å². The van der Waals surface area contributed by atoms with Crippen molar-refractivity contribution in [1.82, 2.24) is 10.6 Å². The summed E-state index contributed by atoms with van der Waals surface area (Å²) in [5.41, 5.74) is 0.0991. The van der Waals surface area contributed by atoms with Gasteiger partial charge in [0.1, 0.15) is 0 Å². The van der Waals surface area contributed by atoms with E-state index in [4.69, 9.17) is 0 Å². The minimum absolute atomic E-state index is 0.0336. The van der Waals surface area contributed by atoms with Crippen LogP contribution in [-0.2, 0) is 4.79 Å². The van der Waals surface area contributed by atoms with Crippen molar-refractivity contribution in [3.8, 4) is 0 Å². The van der Waals surface area contributed by atoms with E-state index in [9.17, 15) is 4.79 Å². The molecule has 1 heterocycles. The van der Waals surface area contributed by atoms with Crippen LogP contribution < -0.4 is 10.6 Å². The number of nitrogens with zero attached hydrogens (tertiary/aromatic N) is 1. The number of carbonyl (C=O) groups is 1. The van der Waals surface area contributed by atoms with E-state index in [-0.39, 0.29) is 11.4 Å². The zero-order valence-electron chi connectivity index (χ0n) is 11.6. The topological polar surface area (TPSA) is 53.5 Å². The molecule has 1 atom stereocenters. The average molecular weight is 261 g/mol. The standard InChI is InChI=1S/C15H23N3O/c1-9-8-16-13(17-9)14(19)18-15-5-10-2-11(6-15)4-12(3-10)7-15/h9-12H,2-8H2,1H3,(H,16,17)(H,18,19). The van der Waals surface area contributed by atoms with Gasteiger partial charge < -0.3 is 10.6 Å². The third-order valence-electron chi connectivity index (χ3n) is 5.54. The average Bonchev–Trinajstić information content (AvgIpc) is 2.73. The zero-order valence-corrected chi connectivity index (χ0v) is 11.6. The highest BCUT2D eigenvalue weighted by molar-refractivity contribution is 6.38. The Morgan fingerprint density at radius 2 is 1.79 bits per heavy atom. The molecule has 0 radical (unpaired) electrons. The van der Waals surface area contributed by atoms with Crippen molar-refractivity contribution in [2.45, 2.75) is 57.0 Å². The van der Waals surface area contributed by atoms with Gasteiger partial charge in [0, 0.05) is 11.6 Å². The fourth-order valence-corrected chi connectivity index (χ4v) is 5.25. The highest BCUT2D eigenvalue weighted by Gasteiger charge is 2.51. The molecule has 1 amide bonds. The number of carbonyl (C=O) groups excluding carboxylic acids is 1. The summed E-state index contributed by atoms with van der Waals surface area (Å²) in [5.74, 6) is 3.19. The molecule has 5 aliphatic rings. The van der Waals surface area contributed by atoms with E-state index < -0.39 is 0 Å². The summed E-state index contributed by atoms with van der Waals surface area (Å²) >= 11 is 0. The maximum Gasteiger partial charge on any atom is 0.286 e. The second kappa shape index (κ2) is 3.97. The van der Waals surface area contributed by atoms with Gasteiger partial charge in [-0.15, -0.1) is 0 Å². The van der Waals surface area contributed by atoms with Crippen molar-refractivity contribution < 1.29 is 4.79 Å². The van der Waals surface area contributed by atoms with E-state index in [1.165, 1.54) is 38.5 Å². The van der Waals surface area contributed by atoms with E-state index in [1.807, 2.05) is 0 Å². The Balaban J connectivity index is 1.49. The van der Waals surface area contributed by atoms with Crippen LogP contribution in [0.3, 0.4) is 0 Å². The van der Waals surface area contributed by atoms with E-state index in [2.05, 4.69) is 22.5 Å². The largest absolute Gasteiger partial charge is 0.361 e. The summed E-state index contributed by atoms with van der Waals surface area (Å²) in [7, 11) is 0. The predicted octanol–water partition coefficient (Wildman–Crippen LogP) is 1.46. The SMILES string of the molecule is CC1CN=C(C(=O)NC23CC4CC(CC(C4)C2)C3)N1. The molecular weight excluding hydrogens is 238 g/mol. The van der Waals surface area contributed by atoms with Crippen LogP contribution in [0.1, 0.15) is 45.4 Å². The Morgan fingerprint density at radius 3 is 2.26 bits per heavy atom. The lowest BCUT2D eigenvalue weighted by molar-refractivity contribution is -0.120. The molecule has 4 heteroatoms. The second-order valence-corrected chi connectivity index (χ2v) is 7.39. The van der Waals surface area contributed by atoms with Gasteiger partial charge in [-0.05, 0) is 63.2 Å². The molecule has 4 bridgehead atoms. The normalized spacial score (nSPS) is 46.9. The fourth-order valence-electron chi connectivity index (χ4n) is 5.25. The summed E-state index contributed by atoms with van der Waals surface area (Å²) in [6.45, 7) is 2.79. The first kappa shape index (κ1) is 11.7.